The van der Waals surface area contributed by atoms with Crippen molar-refractivity contribution in [3.63, 3.8) is 0 Å². The number of rotatable bonds is 6. The van der Waals surface area contributed by atoms with Gasteiger partial charge in [-0.15, -0.1) is 0 Å². The molecule has 0 amide bonds. The summed E-state index contributed by atoms with van der Waals surface area (Å²) in [4.78, 5) is 10.3. The van der Waals surface area contributed by atoms with Gasteiger partial charge in [-0.2, -0.15) is 0 Å². The van der Waals surface area contributed by atoms with Crippen molar-refractivity contribution < 1.29 is 21.6 Å². The van der Waals surface area contributed by atoms with Crippen molar-refractivity contribution >= 4 is 11.0 Å². The molecule has 6 aromatic carbocycles. The van der Waals surface area contributed by atoms with Gasteiger partial charge in [0.1, 0.15) is 11.6 Å². The molecule has 0 aliphatic heterocycles. The Morgan fingerprint density at radius 3 is 1.83 bits per heavy atom. The van der Waals surface area contributed by atoms with E-state index in [0.29, 0.717) is 44.9 Å². The van der Waals surface area contributed by atoms with Gasteiger partial charge in [0.05, 0.1) is 28.0 Å². The Morgan fingerprint density at radius 2 is 1.16 bits per heavy atom. The predicted molar refractivity (Wildman–Crippen MR) is 267 cm³/mol. The lowest BCUT2D eigenvalue weighted by Gasteiger charge is -2.27. The lowest BCUT2D eigenvalue weighted by Crippen LogP contribution is -2.17. The topological polar surface area (TPSA) is 50.9 Å². The highest BCUT2D eigenvalue weighted by molar-refractivity contribution is 5.97. The molecule has 0 saturated carbocycles. The van der Waals surface area contributed by atoms with Gasteiger partial charge in [-0.25, -0.2) is 4.98 Å². The van der Waals surface area contributed by atoms with Crippen LogP contribution < -0.4 is 0 Å². The normalized spacial score (nSPS) is 16.2. The highest BCUT2D eigenvalue weighted by atomic mass is 16.3. The molecule has 0 aliphatic carbocycles. The fourth-order valence-corrected chi connectivity index (χ4v) is 8.15. The van der Waals surface area contributed by atoms with Crippen LogP contribution in [0.25, 0.3) is 72.7 Å². The number of aromatic nitrogens is 3. The number of aromatic hydroxyl groups is 1. The largest absolute Gasteiger partial charge is 0.507 e. The van der Waals surface area contributed by atoms with Gasteiger partial charge in [0.15, 0.2) is 0 Å². The zero-order chi connectivity index (χ0) is 55.2. The number of hydrogen-bond donors (Lipinski definition) is 1. The van der Waals surface area contributed by atoms with E-state index in [1.54, 1.807) is 18.3 Å². The summed E-state index contributed by atoms with van der Waals surface area (Å²) < 4.78 is 103. The lowest BCUT2D eigenvalue weighted by atomic mass is 9.79. The summed E-state index contributed by atoms with van der Waals surface area (Å²) in [5, 5.41) is 12.5. The third-order valence-electron chi connectivity index (χ3n) is 11.9. The highest BCUT2D eigenvalue weighted by Gasteiger charge is 2.29. The van der Waals surface area contributed by atoms with Gasteiger partial charge in [0, 0.05) is 39.3 Å². The van der Waals surface area contributed by atoms with Gasteiger partial charge in [-0.1, -0.05) is 168 Å². The first-order valence-corrected chi connectivity index (χ1v) is 21.4. The van der Waals surface area contributed by atoms with Crippen LogP contribution in [0.3, 0.4) is 0 Å². The molecule has 2 aromatic heterocycles. The van der Waals surface area contributed by atoms with Gasteiger partial charge < -0.3 is 5.11 Å². The molecule has 1 N–H and O–H groups in total. The maximum absolute atomic E-state index is 12.5. The molecule has 0 aliphatic rings. The number of benzene rings is 6. The van der Waals surface area contributed by atoms with Crippen LogP contribution in [0, 0.1) is 6.85 Å². The van der Waals surface area contributed by atoms with Crippen molar-refractivity contribution in [2.45, 2.75) is 111 Å². The standard InChI is InChI=1S/C59H63N3O/c1-37-30-40(38-18-15-14-16-19-38)24-27-51(37)62-52-21-17-20-47(53(52)61-55(62)48-35-46(58(8,9)10)36-49(54(48)63)59(11,12)13)42-31-43(33-45(32-42)57(5,6)7)50-34-41(28-29-60-50)39-22-25-44(26-23-39)56(2,3)4/h14-36,63H,1-13H3/i1D3,2D3,3D3,4D3. The number of para-hydroxylation sites is 1. The number of hydrogen-bond acceptors (Lipinski definition) is 3. The summed E-state index contributed by atoms with van der Waals surface area (Å²) in [6.07, 6.45) is 1.64. The molecule has 4 heteroatoms. The van der Waals surface area contributed by atoms with E-state index in [-0.39, 0.29) is 27.7 Å². The summed E-state index contributed by atoms with van der Waals surface area (Å²) in [6, 6.07) is 40.4. The zero-order valence-corrected chi connectivity index (χ0v) is 37.6. The van der Waals surface area contributed by atoms with Crippen LogP contribution in [0.5, 0.6) is 5.75 Å². The molecule has 0 spiro atoms. The summed E-state index contributed by atoms with van der Waals surface area (Å²) in [7, 11) is 0. The van der Waals surface area contributed by atoms with E-state index in [1.165, 1.54) is 24.3 Å². The third-order valence-corrected chi connectivity index (χ3v) is 11.9. The van der Waals surface area contributed by atoms with E-state index >= 15 is 0 Å². The second kappa shape index (κ2) is 15.8. The number of phenols is 1. The highest BCUT2D eigenvalue weighted by Crippen LogP contribution is 2.45. The summed E-state index contributed by atoms with van der Waals surface area (Å²) in [6.45, 7) is 6.09. The number of nitrogens with zero attached hydrogens (tertiary/aromatic N) is 3. The maximum atomic E-state index is 12.5. The van der Waals surface area contributed by atoms with Crippen LogP contribution in [-0.4, -0.2) is 19.6 Å². The molecular formula is C59H63N3O. The average molecular weight is 842 g/mol. The number of imidazole rings is 1. The molecule has 8 aromatic rings. The quantitative estimate of drug-likeness (QED) is 0.181. The molecule has 0 atom stereocenters. The fourth-order valence-electron chi connectivity index (χ4n) is 8.15. The van der Waals surface area contributed by atoms with Gasteiger partial charge in [0.25, 0.3) is 0 Å². The summed E-state index contributed by atoms with van der Waals surface area (Å²) in [5.41, 5.74) is 5.88. The first kappa shape index (κ1) is 30.7. The zero-order valence-electron chi connectivity index (χ0n) is 49.6. The van der Waals surface area contributed by atoms with Gasteiger partial charge in [0.2, 0.25) is 0 Å². The van der Waals surface area contributed by atoms with Gasteiger partial charge in [-0.05, 0) is 127 Å². The van der Waals surface area contributed by atoms with E-state index in [4.69, 9.17) is 26.4 Å². The van der Waals surface area contributed by atoms with Crippen LogP contribution in [-0.2, 0) is 21.7 Å². The van der Waals surface area contributed by atoms with Crippen molar-refractivity contribution in [3.8, 4) is 67.5 Å². The minimum atomic E-state index is -3.39. The monoisotopic (exact) mass is 842 g/mol. The molecule has 0 bridgehead atoms. The molecule has 320 valence electrons. The van der Waals surface area contributed by atoms with E-state index in [9.17, 15) is 5.11 Å². The first-order chi connectivity index (χ1) is 34.5. The molecule has 0 radical (unpaired) electrons. The molecule has 0 unspecified atom stereocenters. The molecule has 8 rings (SSSR count). The lowest BCUT2D eigenvalue weighted by molar-refractivity contribution is 0.446. The van der Waals surface area contributed by atoms with Crippen molar-refractivity contribution in [2.24, 2.45) is 0 Å². The average Bonchev–Trinajstić information content (AvgIpc) is 3.69. The Labute approximate surface area is 392 Å². The first-order valence-electron chi connectivity index (χ1n) is 27.4. The van der Waals surface area contributed by atoms with Crippen LogP contribution in [0.1, 0.15) is 127 Å². The van der Waals surface area contributed by atoms with Crippen molar-refractivity contribution in [2.75, 3.05) is 0 Å². The maximum Gasteiger partial charge on any atom is 0.149 e. The van der Waals surface area contributed by atoms with Crippen molar-refractivity contribution in [1.82, 2.24) is 14.5 Å². The third kappa shape index (κ3) is 8.61. The van der Waals surface area contributed by atoms with Gasteiger partial charge >= 0.3 is 0 Å². The molecule has 2 heterocycles. The molecule has 0 saturated heterocycles. The Bertz CT molecular complexity index is 3400. The van der Waals surface area contributed by atoms with E-state index in [1.807, 2.05) is 110 Å². The van der Waals surface area contributed by atoms with E-state index < -0.39 is 38.2 Å². The molecule has 4 nitrogen and oxygen atoms in total. The number of fused-ring (bicyclic) bond motifs is 1. The predicted octanol–water partition coefficient (Wildman–Crippen LogP) is 16.0. The number of phenolic OH excluding ortho intramolecular Hbond substituents is 1. The van der Waals surface area contributed by atoms with Crippen LogP contribution in [0.15, 0.2) is 140 Å². The fraction of sp³-hybridized carbons (Fsp3) is 0.288. The van der Waals surface area contributed by atoms with Crippen LogP contribution >= 0.6 is 0 Å². The van der Waals surface area contributed by atoms with E-state index in [0.717, 1.165) is 44.5 Å². The van der Waals surface area contributed by atoms with Crippen molar-refractivity contribution in [1.29, 1.82) is 0 Å². The Hall–Kier alpha value is -6.26. The summed E-state index contributed by atoms with van der Waals surface area (Å²) in [5.74, 6) is 0.416. The van der Waals surface area contributed by atoms with Crippen LogP contribution in [0.4, 0.5) is 0 Å². The number of pyridine rings is 1. The van der Waals surface area contributed by atoms with E-state index in [2.05, 4.69) is 53.7 Å². The molecule has 63 heavy (non-hydrogen) atoms. The Kier molecular flexibility index (Phi) is 7.72. The second-order valence-electron chi connectivity index (χ2n) is 19.8. The van der Waals surface area contributed by atoms with Gasteiger partial charge in [-0.3, -0.25) is 9.55 Å². The summed E-state index contributed by atoms with van der Waals surface area (Å²) >= 11 is 0. The smallest absolute Gasteiger partial charge is 0.149 e. The molecular weight excluding hydrogens is 767 g/mol. The van der Waals surface area contributed by atoms with Crippen molar-refractivity contribution in [3.05, 3.63) is 167 Å². The van der Waals surface area contributed by atoms with Crippen LogP contribution in [0.2, 0.25) is 0 Å². The second-order valence-corrected chi connectivity index (χ2v) is 19.8. The molecule has 0 fully saturated rings. The SMILES string of the molecule is [2H]C([2H])([2H])c1cc(-c2ccccc2)ccc1-n1c(-c2cc(C(C)(C)C)cc(C(C)(C)C)c2O)nc2c(-c3cc(-c4cc(-c5ccc(C(C([2H])([2H])[2H])(C([2H])([2H])[2H])C([2H])([2H])[2H])cc5)ccn4)cc(C(C)(C)C)c3)cccc21. The minimum Gasteiger partial charge on any atom is -0.507 e. The number of aryl methyl sites for hydroxylation is 1. The minimum absolute atomic E-state index is 0.0497. The Balaban J connectivity index is 1.37. The Morgan fingerprint density at radius 1 is 0.508 bits per heavy atom.